The molecular formula is C13H16N2O3S. The maximum absolute atomic E-state index is 10.8. The Morgan fingerprint density at radius 3 is 3.05 bits per heavy atom. The summed E-state index contributed by atoms with van der Waals surface area (Å²) in [5.41, 5.74) is 0.809. The van der Waals surface area contributed by atoms with Crippen LogP contribution in [0.1, 0.15) is 12.6 Å². The lowest BCUT2D eigenvalue weighted by atomic mass is 10.2. The molecule has 0 fully saturated rings. The van der Waals surface area contributed by atoms with Gasteiger partial charge in [0, 0.05) is 19.2 Å². The van der Waals surface area contributed by atoms with Crippen LogP contribution >= 0.6 is 11.3 Å². The summed E-state index contributed by atoms with van der Waals surface area (Å²) >= 11 is 1.60. The Kier molecular flexibility index (Phi) is 4.34. The second-order valence-corrected chi connectivity index (χ2v) is 5.54. The highest BCUT2D eigenvalue weighted by Gasteiger charge is 2.15. The van der Waals surface area contributed by atoms with Gasteiger partial charge in [-0.15, -0.1) is 11.3 Å². The third-order valence-electron chi connectivity index (χ3n) is 2.76. The zero-order valence-corrected chi connectivity index (χ0v) is 11.7. The number of rotatable bonds is 6. The van der Waals surface area contributed by atoms with E-state index in [2.05, 4.69) is 5.16 Å². The first-order valence-corrected chi connectivity index (χ1v) is 6.85. The molecule has 1 unspecified atom stereocenters. The number of thiophene rings is 1. The first-order valence-electron chi connectivity index (χ1n) is 5.97. The summed E-state index contributed by atoms with van der Waals surface area (Å²) in [6.45, 7) is 2.75. The maximum Gasteiger partial charge on any atom is 0.307 e. The Balaban J connectivity index is 1.95. The molecule has 0 amide bonds. The highest BCUT2D eigenvalue weighted by atomic mass is 32.1. The molecule has 0 spiro atoms. The van der Waals surface area contributed by atoms with Gasteiger partial charge in [0.1, 0.15) is 0 Å². The minimum absolute atomic E-state index is 0.395. The minimum Gasteiger partial charge on any atom is -0.481 e. The number of carboxylic acid groups (broad SMARTS) is 1. The molecule has 102 valence electrons. The molecule has 0 aliphatic heterocycles. The van der Waals surface area contributed by atoms with Gasteiger partial charge in [0.05, 0.1) is 16.5 Å². The monoisotopic (exact) mass is 280 g/mol. The van der Waals surface area contributed by atoms with Gasteiger partial charge in [-0.2, -0.15) is 0 Å². The fourth-order valence-electron chi connectivity index (χ4n) is 1.81. The van der Waals surface area contributed by atoms with Gasteiger partial charge in [-0.3, -0.25) is 9.69 Å². The van der Waals surface area contributed by atoms with E-state index in [9.17, 15) is 4.79 Å². The number of hydrogen-bond acceptors (Lipinski definition) is 5. The molecule has 1 N–H and O–H groups in total. The number of aliphatic carboxylic acids is 1. The smallest absolute Gasteiger partial charge is 0.307 e. The molecule has 0 bridgehead atoms. The molecule has 19 heavy (non-hydrogen) atoms. The van der Waals surface area contributed by atoms with Crippen LogP contribution in [0.3, 0.4) is 0 Å². The molecule has 2 heterocycles. The average Bonchev–Trinajstić information content (AvgIpc) is 2.97. The van der Waals surface area contributed by atoms with Crippen molar-refractivity contribution in [3.05, 3.63) is 29.3 Å². The highest BCUT2D eigenvalue weighted by Crippen LogP contribution is 2.25. The van der Waals surface area contributed by atoms with Crippen molar-refractivity contribution < 1.29 is 14.4 Å². The standard InChI is InChI=1S/C13H16N2O3S/c1-9(13(16)17)7-15(2)8-10-6-11(18-14-10)12-4-3-5-19-12/h3-6,9H,7-8H2,1-2H3,(H,16,17). The molecule has 0 saturated carbocycles. The van der Waals surface area contributed by atoms with Crippen LogP contribution in [-0.2, 0) is 11.3 Å². The predicted molar refractivity (Wildman–Crippen MR) is 72.9 cm³/mol. The fourth-order valence-corrected chi connectivity index (χ4v) is 2.48. The lowest BCUT2D eigenvalue weighted by Gasteiger charge is -2.17. The molecule has 2 rings (SSSR count). The molecule has 0 radical (unpaired) electrons. The molecule has 5 nitrogen and oxygen atoms in total. The first kappa shape index (κ1) is 13.8. The van der Waals surface area contributed by atoms with E-state index in [1.54, 1.807) is 18.3 Å². The molecule has 1 atom stereocenters. The van der Waals surface area contributed by atoms with E-state index in [-0.39, 0.29) is 0 Å². The van der Waals surface area contributed by atoms with Gasteiger partial charge in [0.15, 0.2) is 5.76 Å². The summed E-state index contributed by atoms with van der Waals surface area (Å²) in [7, 11) is 1.87. The summed E-state index contributed by atoms with van der Waals surface area (Å²) < 4.78 is 5.28. The van der Waals surface area contributed by atoms with Crippen molar-refractivity contribution in [1.82, 2.24) is 10.1 Å². The number of carbonyl (C=O) groups is 1. The second kappa shape index (κ2) is 5.99. The second-order valence-electron chi connectivity index (χ2n) is 4.60. The number of aromatic nitrogens is 1. The summed E-state index contributed by atoms with van der Waals surface area (Å²) in [4.78, 5) is 13.8. The van der Waals surface area contributed by atoms with E-state index in [1.165, 1.54) is 0 Å². The average molecular weight is 280 g/mol. The molecule has 6 heteroatoms. The molecular weight excluding hydrogens is 264 g/mol. The third kappa shape index (κ3) is 3.65. The van der Waals surface area contributed by atoms with Crippen molar-refractivity contribution in [2.75, 3.05) is 13.6 Å². The van der Waals surface area contributed by atoms with Gasteiger partial charge in [-0.05, 0) is 18.5 Å². The minimum atomic E-state index is -0.786. The summed E-state index contributed by atoms with van der Waals surface area (Å²) in [6, 6.07) is 5.84. The van der Waals surface area contributed by atoms with Crippen molar-refractivity contribution in [3.8, 4) is 10.6 Å². The molecule has 0 aliphatic rings. The summed E-state index contributed by atoms with van der Waals surface area (Å²) in [5.74, 6) is -0.426. The lowest BCUT2D eigenvalue weighted by molar-refractivity contribution is -0.141. The number of hydrogen-bond donors (Lipinski definition) is 1. The third-order valence-corrected chi connectivity index (χ3v) is 3.65. The van der Waals surface area contributed by atoms with Gasteiger partial charge in [0.25, 0.3) is 0 Å². The van der Waals surface area contributed by atoms with E-state index in [0.29, 0.717) is 13.1 Å². The van der Waals surface area contributed by atoms with Gasteiger partial charge < -0.3 is 9.63 Å². The van der Waals surface area contributed by atoms with Crippen LogP contribution in [0.4, 0.5) is 0 Å². The molecule has 0 saturated heterocycles. The Hall–Kier alpha value is -1.66. The van der Waals surface area contributed by atoms with Crippen molar-refractivity contribution in [1.29, 1.82) is 0 Å². The van der Waals surface area contributed by atoms with E-state index in [0.717, 1.165) is 16.3 Å². The molecule has 0 aliphatic carbocycles. The van der Waals surface area contributed by atoms with Crippen LogP contribution in [0.15, 0.2) is 28.1 Å². The highest BCUT2D eigenvalue weighted by molar-refractivity contribution is 7.13. The Morgan fingerprint density at radius 2 is 2.42 bits per heavy atom. The number of carboxylic acids is 1. The SMILES string of the molecule is CC(CN(C)Cc1cc(-c2cccs2)on1)C(=O)O. The van der Waals surface area contributed by atoms with E-state index >= 15 is 0 Å². The molecule has 2 aromatic rings. The number of nitrogens with zero attached hydrogens (tertiary/aromatic N) is 2. The van der Waals surface area contributed by atoms with Crippen molar-refractivity contribution in [3.63, 3.8) is 0 Å². The quantitative estimate of drug-likeness (QED) is 0.880. The topological polar surface area (TPSA) is 66.6 Å². The summed E-state index contributed by atoms with van der Waals surface area (Å²) in [5, 5.41) is 14.9. The maximum atomic E-state index is 10.8. The normalized spacial score (nSPS) is 12.8. The summed E-state index contributed by atoms with van der Waals surface area (Å²) in [6.07, 6.45) is 0. The largest absolute Gasteiger partial charge is 0.481 e. The van der Waals surface area contributed by atoms with E-state index < -0.39 is 11.9 Å². The predicted octanol–water partition coefficient (Wildman–Crippen LogP) is 2.56. The molecule has 0 aromatic carbocycles. The Morgan fingerprint density at radius 1 is 1.63 bits per heavy atom. The Labute approximate surface area is 115 Å². The fraction of sp³-hybridized carbons (Fsp3) is 0.385. The van der Waals surface area contributed by atoms with Gasteiger partial charge in [0.2, 0.25) is 0 Å². The van der Waals surface area contributed by atoms with Gasteiger partial charge >= 0.3 is 5.97 Å². The zero-order chi connectivity index (χ0) is 13.8. The van der Waals surface area contributed by atoms with Crippen LogP contribution in [0.25, 0.3) is 10.6 Å². The van der Waals surface area contributed by atoms with Crippen molar-refractivity contribution in [2.45, 2.75) is 13.5 Å². The van der Waals surface area contributed by atoms with Crippen LogP contribution in [0.5, 0.6) is 0 Å². The lowest BCUT2D eigenvalue weighted by Crippen LogP contribution is -2.28. The van der Waals surface area contributed by atoms with Crippen molar-refractivity contribution >= 4 is 17.3 Å². The van der Waals surface area contributed by atoms with Crippen LogP contribution in [0, 0.1) is 5.92 Å². The molecule has 2 aromatic heterocycles. The van der Waals surface area contributed by atoms with Gasteiger partial charge in [-0.1, -0.05) is 18.1 Å². The van der Waals surface area contributed by atoms with Crippen LogP contribution in [0.2, 0.25) is 0 Å². The zero-order valence-electron chi connectivity index (χ0n) is 10.9. The van der Waals surface area contributed by atoms with E-state index in [4.69, 9.17) is 9.63 Å². The first-order chi connectivity index (χ1) is 9.06. The Bertz CT molecular complexity index is 536. The van der Waals surface area contributed by atoms with E-state index in [1.807, 2.05) is 35.5 Å². The van der Waals surface area contributed by atoms with Crippen LogP contribution in [-0.4, -0.2) is 34.7 Å². The van der Waals surface area contributed by atoms with Crippen molar-refractivity contribution in [2.24, 2.45) is 5.92 Å². The van der Waals surface area contributed by atoms with Gasteiger partial charge in [-0.25, -0.2) is 0 Å². The van der Waals surface area contributed by atoms with Crippen LogP contribution < -0.4 is 0 Å².